The second-order valence-corrected chi connectivity index (χ2v) is 5.31. The predicted octanol–water partition coefficient (Wildman–Crippen LogP) is 4.67. The van der Waals surface area contributed by atoms with Crippen LogP contribution in [0, 0.1) is 11.8 Å². The minimum absolute atomic E-state index is 0.318. The van der Waals surface area contributed by atoms with E-state index >= 15 is 0 Å². The van der Waals surface area contributed by atoms with Crippen LogP contribution in [0.1, 0.15) is 53.4 Å². The lowest BCUT2D eigenvalue weighted by Crippen LogP contribution is -2.31. The maximum atomic E-state index is 5.70. The predicted molar refractivity (Wildman–Crippen MR) is 76.2 cm³/mol. The molecule has 1 aliphatic rings. The van der Waals surface area contributed by atoms with Crippen LogP contribution in [0.5, 0.6) is 0 Å². The third-order valence-corrected chi connectivity index (χ3v) is 3.94. The summed E-state index contributed by atoms with van der Waals surface area (Å²) in [6.07, 6.45) is 13.2. The molecule has 0 aromatic rings. The second kappa shape index (κ2) is 8.23. The summed E-state index contributed by atoms with van der Waals surface area (Å²) in [4.78, 5) is 0. The molecule has 4 atom stereocenters. The SMILES string of the molecule is CC=COC(C)C1CCCC(C(C)OC=CC)C1. The van der Waals surface area contributed by atoms with E-state index in [4.69, 9.17) is 9.47 Å². The smallest absolute Gasteiger partial charge is 0.0978 e. The van der Waals surface area contributed by atoms with Gasteiger partial charge in [0.15, 0.2) is 0 Å². The summed E-state index contributed by atoms with van der Waals surface area (Å²) in [5.41, 5.74) is 0. The van der Waals surface area contributed by atoms with E-state index in [-0.39, 0.29) is 0 Å². The van der Waals surface area contributed by atoms with Crippen LogP contribution in [-0.2, 0) is 9.47 Å². The molecule has 0 bridgehead atoms. The quantitative estimate of drug-likeness (QED) is 0.639. The zero-order valence-electron chi connectivity index (χ0n) is 12.3. The van der Waals surface area contributed by atoms with Crippen LogP contribution >= 0.6 is 0 Å². The minimum atomic E-state index is 0.318. The number of hydrogen-bond acceptors (Lipinski definition) is 2. The van der Waals surface area contributed by atoms with E-state index in [0.29, 0.717) is 24.0 Å². The summed E-state index contributed by atoms with van der Waals surface area (Å²) in [6.45, 7) is 8.35. The molecule has 0 aliphatic heterocycles. The molecule has 1 rings (SSSR count). The standard InChI is InChI=1S/C16H28O2/c1-5-10-17-13(3)15-8-7-9-16(12-15)14(4)18-11-6-2/h5-6,10-11,13-16H,7-9,12H2,1-4H3. The molecule has 1 aliphatic carbocycles. The Morgan fingerprint density at radius 2 is 1.33 bits per heavy atom. The minimum Gasteiger partial charge on any atom is -0.498 e. The third kappa shape index (κ3) is 4.75. The summed E-state index contributed by atoms with van der Waals surface area (Å²) >= 11 is 0. The average Bonchev–Trinajstić information content (AvgIpc) is 2.42. The fourth-order valence-corrected chi connectivity index (χ4v) is 2.75. The van der Waals surface area contributed by atoms with Gasteiger partial charge in [0.1, 0.15) is 0 Å². The van der Waals surface area contributed by atoms with Gasteiger partial charge in [-0.25, -0.2) is 0 Å². The van der Waals surface area contributed by atoms with Crippen molar-refractivity contribution in [3.8, 4) is 0 Å². The Kier molecular flexibility index (Phi) is 6.92. The first-order chi connectivity index (χ1) is 8.69. The van der Waals surface area contributed by atoms with E-state index in [1.807, 2.05) is 38.5 Å². The van der Waals surface area contributed by atoms with Crippen molar-refractivity contribution in [3.05, 3.63) is 24.7 Å². The average molecular weight is 252 g/mol. The van der Waals surface area contributed by atoms with E-state index in [1.165, 1.54) is 25.7 Å². The van der Waals surface area contributed by atoms with Crippen molar-refractivity contribution in [2.75, 3.05) is 0 Å². The molecule has 0 aromatic heterocycles. The normalized spacial score (nSPS) is 28.4. The number of hydrogen-bond donors (Lipinski definition) is 0. The largest absolute Gasteiger partial charge is 0.498 e. The molecule has 2 heteroatoms. The van der Waals surface area contributed by atoms with Gasteiger partial charge in [-0.1, -0.05) is 18.6 Å². The molecule has 2 nitrogen and oxygen atoms in total. The Morgan fingerprint density at radius 3 is 1.72 bits per heavy atom. The molecule has 0 spiro atoms. The van der Waals surface area contributed by atoms with Crippen molar-refractivity contribution < 1.29 is 9.47 Å². The van der Waals surface area contributed by atoms with Gasteiger partial charge in [-0.2, -0.15) is 0 Å². The van der Waals surface area contributed by atoms with E-state index in [9.17, 15) is 0 Å². The first-order valence-electron chi connectivity index (χ1n) is 7.22. The lowest BCUT2D eigenvalue weighted by molar-refractivity contribution is 0.0237. The van der Waals surface area contributed by atoms with E-state index < -0.39 is 0 Å². The zero-order valence-corrected chi connectivity index (χ0v) is 12.3. The highest BCUT2D eigenvalue weighted by Gasteiger charge is 2.30. The number of rotatable bonds is 6. The van der Waals surface area contributed by atoms with Gasteiger partial charge in [0, 0.05) is 0 Å². The Hall–Kier alpha value is -0.920. The van der Waals surface area contributed by atoms with Gasteiger partial charge in [-0.3, -0.25) is 0 Å². The zero-order chi connectivity index (χ0) is 13.4. The molecular weight excluding hydrogens is 224 g/mol. The molecule has 104 valence electrons. The maximum Gasteiger partial charge on any atom is 0.0978 e. The summed E-state index contributed by atoms with van der Waals surface area (Å²) < 4.78 is 11.4. The van der Waals surface area contributed by atoms with Crippen molar-refractivity contribution in [1.82, 2.24) is 0 Å². The molecule has 18 heavy (non-hydrogen) atoms. The Labute approximate surface area is 112 Å². The summed E-state index contributed by atoms with van der Waals surface area (Å²) in [6, 6.07) is 0. The monoisotopic (exact) mass is 252 g/mol. The van der Waals surface area contributed by atoms with Crippen LogP contribution in [0.15, 0.2) is 24.7 Å². The van der Waals surface area contributed by atoms with Crippen LogP contribution in [0.25, 0.3) is 0 Å². The fourth-order valence-electron chi connectivity index (χ4n) is 2.75. The topological polar surface area (TPSA) is 18.5 Å². The van der Waals surface area contributed by atoms with Crippen molar-refractivity contribution in [2.24, 2.45) is 11.8 Å². The van der Waals surface area contributed by atoms with Gasteiger partial charge in [-0.15, -0.1) is 0 Å². The van der Waals surface area contributed by atoms with Gasteiger partial charge in [-0.05, 0) is 58.8 Å². The van der Waals surface area contributed by atoms with E-state index in [2.05, 4.69) is 13.8 Å². The molecule has 1 saturated carbocycles. The van der Waals surface area contributed by atoms with Gasteiger partial charge in [0.25, 0.3) is 0 Å². The Balaban J connectivity index is 2.44. The molecule has 0 heterocycles. The van der Waals surface area contributed by atoms with Crippen molar-refractivity contribution in [1.29, 1.82) is 0 Å². The lowest BCUT2D eigenvalue weighted by atomic mass is 9.77. The van der Waals surface area contributed by atoms with E-state index in [0.717, 1.165) is 0 Å². The molecule has 0 N–H and O–H groups in total. The second-order valence-electron chi connectivity index (χ2n) is 5.31. The van der Waals surface area contributed by atoms with Crippen LogP contribution in [0.2, 0.25) is 0 Å². The number of allylic oxidation sites excluding steroid dienone is 2. The van der Waals surface area contributed by atoms with Gasteiger partial charge >= 0.3 is 0 Å². The molecular formula is C16H28O2. The highest BCUT2D eigenvalue weighted by atomic mass is 16.5. The summed E-state index contributed by atoms with van der Waals surface area (Å²) in [5, 5.41) is 0. The molecule has 1 fully saturated rings. The fraction of sp³-hybridized carbons (Fsp3) is 0.750. The first kappa shape index (κ1) is 15.1. The third-order valence-electron chi connectivity index (χ3n) is 3.94. The first-order valence-corrected chi connectivity index (χ1v) is 7.22. The molecule has 0 saturated heterocycles. The van der Waals surface area contributed by atoms with Crippen LogP contribution < -0.4 is 0 Å². The van der Waals surface area contributed by atoms with Crippen LogP contribution in [-0.4, -0.2) is 12.2 Å². The van der Waals surface area contributed by atoms with Crippen molar-refractivity contribution in [2.45, 2.75) is 65.6 Å². The van der Waals surface area contributed by atoms with E-state index in [1.54, 1.807) is 0 Å². The molecule has 0 aromatic carbocycles. The molecule has 0 amide bonds. The van der Waals surface area contributed by atoms with Crippen molar-refractivity contribution in [3.63, 3.8) is 0 Å². The Morgan fingerprint density at radius 1 is 0.889 bits per heavy atom. The van der Waals surface area contributed by atoms with Gasteiger partial charge in [0.05, 0.1) is 24.7 Å². The summed E-state index contributed by atoms with van der Waals surface area (Å²) in [5.74, 6) is 1.33. The van der Waals surface area contributed by atoms with Crippen LogP contribution in [0.4, 0.5) is 0 Å². The van der Waals surface area contributed by atoms with Crippen LogP contribution in [0.3, 0.4) is 0 Å². The Bertz CT molecular complexity index is 244. The highest BCUT2D eigenvalue weighted by molar-refractivity contribution is 4.82. The van der Waals surface area contributed by atoms with Gasteiger partial charge in [0.2, 0.25) is 0 Å². The lowest BCUT2D eigenvalue weighted by Gasteiger charge is -2.35. The molecule has 0 radical (unpaired) electrons. The van der Waals surface area contributed by atoms with Crippen molar-refractivity contribution >= 4 is 0 Å². The maximum absolute atomic E-state index is 5.70. The number of ether oxygens (including phenoxy) is 2. The highest BCUT2D eigenvalue weighted by Crippen LogP contribution is 2.35. The molecule has 4 unspecified atom stereocenters. The van der Waals surface area contributed by atoms with Gasteiger partial charge < -0.3 is 9.47 Å². The summed E-state index contributed by atoms with van der Waals surface area (Å²) in [7, 11) is 0.